The predicted octanol–water partition coefficient (Wildman–Crippen LogP) is 4.79. The molecule has 2 saturated heterocycles. The second-order valence-corrected chi connectivity index (χ2v) is 13.1. The number of rotatable bonds is 9. The van der Waals surface area contributed by atoms with Gasteiger partial charge >= 0.3 is 12.1 Å². The maximum atomic E-state index is 13.7. The third-order valence-corrected chi connectivity index (χ3v) is 8.15. The van der Waals surface area contributed by atoms with Gasteiger partial charge in [-0.2, -0.15) is 18.4 Å². The zero-order chi connectivity index (χ0) is 34.0. The van der Waals surface area contributed by atoms with E-state index in [4.69, 9.17) is 21.7 Å². The number of nitriles is 1. The smallest absolute Gasteiger partial charge is 0.417 e. The van der Waals surface area contributed by atoms with E-state index >= 15 is 0 Å². The molecular formula is C32H39F3N6O4S. The first kappa shape index (κ1) is 35.1. The minimum atomic E-state index is -4.79. The highest BCUT2D eigenvalue weighted by Crippen LogP contribution is 2.40. The van der Waals surface area contributed by atoms with E-state index in [1.807, 2.05) is 33.8 Å². The number of pyridine rings is 1. The number of halogens is 3. The highest BCUT2D eigenvalue weighted by molar-refractivity contribution is 7.81. The van der Waals surface area contributed by atoms with E-state index in [-0.39, 0.29) is 23.3 Å². The van der Waals surface area contributed by atoms with Gasteiger partial charge in [-0.3, -0.25) is 24.3 Å². The Morgan fingerprint density at radius 1 is 1.09 bits per heavy atom. The van der Waals surface area contributed by atoms with Crippen molar-refractivity contribution in [3.05, 3.63) is 47.2 Å². The molecule has 4 rings (SSSR count). The summed E-state index contributed by atoms with van der Waals surface area (Å²) >= 11 is 5.65. The lowest BCUT2D eigenvalue weighted by molar-refractivity contribution is -0.156. The van der Waals surface area contributed by atoms with Crippen LogP contribution in [0.2, 0.25) is 0 Å². The highest BCUT2D eigenvalue weighted by atomic mass is 32.1. The number of alkyl halides is 3. The lowest BCUT2D eigenvalue weighted by Gasteiger charge is -2.34. The van der Waals surface area contributed by atoms with Crippen LogP contribution in [0.25, 0.3) is 0 Å². The Bertz CT molecular complexity index is 1530. The molecule has 14 heteroatoms. The lowest BCUT2D eigenvalue weighted by Crippen LogP contribution is -2.49. The summed E-state index contributed by atoms with van der Waals surface area (Å²) in [5, 5.41) is 9.17. The molecule has 1 aromatic heterocycles. The molecule has 1 amide bonds. The number of hydrogen-bond donors (Lipinski definition) is 0. The van der Waals surface area contributed by atoms with Crippen molar-refractivity contribution in [3.8, 4) is 11.9 Å². The molecule has 1 aromatic carbocycles. The van der Waals surface area contributed by atoms with Gasteiger partial charge in [-0.05, 0) is 77.5 Å². The fraction of sp³-hybridized carbons (Fsp3) is 0.531. The van der Waals surface area contributed by atoms with Crippen molar-refractivity contribution in [2.75, 3.05) is 55.7 Å². The summed E-state index contributed by atoms with van der Waals surface area (Å²) < 4.78 is 52.5. The molecule has 248 valence electrons. The topological polar surface area (TPSA) is 102 Å². The number of aromatic nitrogens is 1. The number of carbonyl (C=O) groups is 2. The van der Waals surface area contributed by atoms with Gasteiger partial charge in [-0.1, -0.05) is 6.92 Å². The van der Waals surface area contributed by atoms with Crippen molar-refractivity contribution in [2.45, 2.75) is 65.3 Å². The van der Waals surface area contributed by atoms with Crippen molar-refractivity contribution >= 4 is 40.6 Å². The van der Waals surface area contributed by atoms with E-state index < -0.39 is 34.4 Å². The molecule has 0 bridgehead atoms. The number of benzene rings is 1. The standard InChI is InChI=1S/C32H39F3N6O4S/c1-7-21-16-24(19-37-27(21)44-15-14-38-10-12-39(13-11-38)20-26(42)45-30(2,3)4)41-29(46)40(28(43)31(41,5)6)23-9-8-22(18-36)25(17-23)32(33,34)35/h8-9,16-17,19H,7,10-15,20H2,1-6H3. The molecule has 0 aliphatic carbocycles. The van der Waals surface area contributed by atoms with E-state index in [2.05, 4.69) is 14.8 Å². The SMILES string of the molecule is CCc1cc(N2C(=S)N(c3ccc(C#N)c(C(F)(F)F)c3)C(=O)C2(C)C)cnc1OCCN1CCN(CC(=O)OC(C)(C)C)CC1. The predicted molar refractivity (Wildman–Crippen MR) is 171 cm³/mol. The van der Waals surface area contributed by atoms with Crippen molar-refractivity contribution < 1.29 is 32.2 Å². The second-order valence-electron chi connectivity index (χ2n) is 12.7. The van der Waals surface area contributed by atoms with E-state index in [1.54, 1.807) is 24.8 Å². The number of ether oxygens (including phenoxy) is 2. The minimum absolute atomic E-state index is 0.00355. The molecule has 2 fully saturated rings. The van der Waals surface area contributed by atoms with E-state index in [1.165, 1.54) is 12.3 Å². The number of nitrogens with zero attached hydrogens (tertiary/aromatic N) is 6. The maximum Gasteiger partial charge on any atom is 0.417 e. The minimum Gasteiger partial charge on any atom is -0.476 e. The zero-order valence-electron chi connectivity index (χ0n) is 26.9. The molecule has 0 atom stereocenters. The Balaban J connectivity index is 1.42. The van der Waals surface area contributed by atoms with Crippen molar-refractivity contribution in [2.24, 2.45) is 0 Å². The Morgan fingerprint density at radius 3 is 2.33 bits per heavy atom. The number of esters is 1. The molecule has 3 heterocycles. The number of thiocarbonyl (C=S) groups is 1. The molecule has 0 saturated carbocycles. The first-order valence-corrected chi connectivity index (χ1v) is 15.5. The Morgan fingerprint density at radius 2 is 1.74 bits per heavy atom. The number of amides is 1. The molecule has 0 radical (unpaired) electrons. The summed E-state index contributed by atoms with van der Waals surface area (Å²) in [6.45, 7) is 15.2. The van der Waals surface area contributed by atoms with Crippen LogP contribution < -0.4 is 14.5 Å². The molecule has 0 unspecified atom stereocenters. The summed E-state index contributed by atoms with van der Waals surface area (Å²) in [4.78, 5) is 37.2. The highest BCUT2D eigenvalue weighted by Gasteiger charge is 2.51. The van der Waals surface area contributed by atoms with Crippen LogP contribution in [-0.4, -0.2) is 88.8 Å². The molecule has 0 spiro atoms. The number of carbonyl (C=O) groups excluding carboxylic acids is 2. The van der Waals surface area contributed by atoms with Crippen LogP contribution >= 0.6 is 12.2 Å². The number of piperazine rings is 1. The lowest BCUT2D eigenvalue weighted by atomic mass is 10.0. The van der Waals surface area contributed by atoms with Crippen molar-refractivity contribution in [3.63, 3.8) is 0 Å². The summed E-state index contributed by atoms with van der Waals surface area (Å²) in [6.07, 6.45) is -2.68. The quantitative estimate of drug-likeness (QED) is 0.276. The van der Waals surface area contributed by atoms with Crippen molar-refractivity contribution in [1.82, 2.24) is 14.8 Å². The molecule has 0 N–H and O–H groups in total. The Hall–Kier alpha value is -3.80. The fourth-order valence-electron chi connectivity index (χ4n) is 5.45. The molecule has 2 aliphatic heterocycles. The third kappa shape index (κ3) is 7.76. The summed E-state index contributed by atoms with van der Waals surface area (Å²) in [6, 6.07) is 6.47. The van der Waals surface area contributed by atoms with Gasteiger partial charge in [-0.25, -0.2) is 4.98 Å². The molecule has 2 aromatic rings. The van der Waals surface area contributed by atoms with Crippen LogP contribution in [0.3, 0.4) is 0 Å². The second kappa shape index (κ2) is 13.5. The van der Waals surface area contributed by atoms with E-state index in [9.17, 15) is 28.0 Å². The fourth-order valence-corrected chi connectivity index (χ4v) is 5.97. The van der Waals surface area contributed by atoms with Gasteiger partial charge in [0.15, 0.2) is 5.11 Å². The third-order valence-electron chi connectivity index (χ3n) is 7.79. The largest absolute Gasteiger partial charge is 0.476 e. The summed E-state index contributed by atoms with van der Waals surface area (Å²) in [7, 11) is 0. The van der Waals surface area contributed by atoms with Crippen LogP contribution in [0, 0.1) is 11.3 Å². The van der Waals surface area contributed by atoms with Gasteiger partial charge in [0.25, 0.3) is 5.91 Å². The normalized spacial score (nSPS) is 17.7. The number of aryl methyl sites for hydroxylation is 1. The molecule has 46 heavy (non-hydrogen) atoms. The van der Waals surface area contributed by atoms with Crippen LogP contribution in [0.4, 0.5) is 24.5 Å². The van der Waals surface area contributed by atoms with Gasteiger partial charge in [-0.15, -0.1) is 0 Å². The van der Waals surface area contributed by atoms with E-state index in [0.29, 0.717) is 31.1 Å². The van der Waals surface area contributed by atoms with Gasteiger partial charge in [0.2, 0.25) is 5.88 Å². The first-order valence-electron chi connectivity index (χ1n) is 15.0. The average Bonchev–Trinajstić information content (AvgIpc) is 3.15. The van der Waals surface area contributed by atoms with Crippen LogP contribution in [0.5, 0.6) is 5.88 Å². The van der Waals surface area contributed by atoms with Gasteiger partial charge in [0.05, 0.1) is 41.3 Å². The molecular weight excluding hydrogens is 621 g/mol. The monoisotopic (exact) mass is 660 g/mol. The van der Waals surface area contributed by atoms with Crippen LogP contribution in [0.15, 0.2) is 30.5 Å². The number of hydrogen-bond acceptors (Lipinski definition) is 9. The zero-order valence-corrected chi connectivity index (χ0v) is 27.7. The van der Waals surface area contributed by atoms with Gasteiger partial charge < -0.3 is 14.4 Å². The summed E-state index contributed by atoms with van der Waals surface area (Å²) in [5.41, 5.74) is -2.22. The molecule has 10 nitrogen and oxygen atoms in total. The van der Waals surface area contributed by atoms with Crippen LogP contribution in [0.1, 0.15) is 58.2 Å². The van der Waals surface area contributed by atoms with E-state index in [0.717, 1.165) is 48.8 Å². The number of anilines is 2. The van der Waals surface area contributed by atoms with Crippen molar-refractivity contribution in [1.29, 1.82) is 5.26 Å². The Labute approximate surface area is 272 Å². The summed E-state index contributed by atoms with van der Waals surface area (Å²) in [5.74, 6) is -0.298. The van der Waals surface area contributed by atoms with Gasteiger partial charge in [0.1, 0.15) is 17.7 Å². The first-order chi connectivity index (χ1) is 21.5. The Kier molecular flexibility index (Phi) is 10.3. The van der Waals surface area contributed by atoms with Gasteiger partial charge in [0, 0.05) is 38.3 Å². The average molecular weight is 661 g/mol. The molecule has 2 aliphatic rings. The van der Waals surface area contributed by atoms with Crippen LogP contribution in [-0.2, 0) is 26.9 Å². The maximum absolute atomic E-state index is 13.7.